The maximum atomic E-state index is 14.4. The first-order valence-electron chi connectivity index (χ1n) is 10.5. The molecule has 9 heteroatoms. The summed E-state index contributed by atoms with van der Waals surface area (Å²) >= 11 is 0. The van der Waals surface area contributed by atoms with Crippen LogP contribution in [0.4, 0.5) is 10.1 Å². The van der Waals surface area contributed by atoms with Crippen LogP contribution in [0.1, 0.15) is 27.8 Å². The van der Waals surface area contributed by atoms with Crippen LogP contribution in [-0.4, -0.2) is 67.4 Å². The van der Waals surface area contributed by atoms with Gasteiger partial charge in [-0.05, 0) is 43.3 Å². The first-order chi connectivity index (χ1) is 15.9. The summed E-state index contributed by atoms with van der Waals surface area (Å²) in [6, 6.07) is 11.5. The quantitative estimate of drug-likeness (QED) is 0.456. The molecule has 1 aromatic heterocycles. The van der Waals surface area contributed by atoms with E-state index >= 15 is 0 Å². The standard InChI is InChI=1S/C24H24FN3O5/c1-15(29)16-4-6-22(19(25)11-16)27-7-9-28(10-8-27)23(30)14-33-24(31)21-12-17-3-5-18(32-2)13-20(17)26-21/h3-6,11-13,26H,7-10,14H2,1-2H3. The summed E-state index contributed by atoms with van der Waals surface area (Å²) in [5.74, 6) is -0.934. The summed E-state index contributed by atoms with van der Waals surface area (Å²) in [7, 11) is 1.56. The highest BCUT2D eigenvalue weighted by molar-refractivity contribution is 5.96. The number of carbonyl (C=O) groups excluding carboxylic acids is 3. The minimum atomic E-state index is -0.621. The number of piperazine rings is 1. The lowest BCUT2D eigenvalue weighted by Crippen LogP contribution is -2.50. The maximum absolute atomic E-state index is 14.4. The van der Waals surface area contributed by atoms with Crippen LogP contribution in [-0.2, 0) is 9.53 Å². The number of ketones is 1. The third-order valence-corrected chi connectivity index (χ3v) is 5.70. The van der Waals surface area contributed by atoms with E-state index in [0.29, 0.717) is 43.2 Å². The number of nitrogens with zero attached hydrogens (tertiary/aromatic N) is 2. The Morgan fingerprint density at radius 2 is 1.79 bits per heavy atom. The van der Waals surface area contributed by atoms with Gasteiger partial charge in [0.15, 0.2) is 12.4 Å². The number of rotatable bonds is 6. The van der Waals surface area contributed by atoms with Crippen molar-refractivity contribution in [3.8, 4) is 5.75 Å². The third kappa shape index (κ3) is 4.82. The van der Waals surface area contributed by atoms with Gasteiger partial charge in [0.05, 0.1) is 12.8 Å². The van der Waals surface area contributed by atoms with Gasteiger partial charge in [0.2, 0.25) is 0 Å². The summed E-state index contributed by atoms with van der Waals surface area (Å²) in [6.45, 7) is 2.62. The molecule has 8 nitrogen and oxygen atoms in total. The van der Waals surface area contributed by atoms with Gasteiger partial charge in [-0.25, -0.2) is 9.18 Å². The number of amides is 1. The first-order valence-corrected chi connectivity index (χ1v) is 10.5. The van der Waals surface area contributed by atoms with Crippen LogP contribution in [0.2, 0.25) is 0 Å². The van der Waals surface area contributed by atoms with Crippen molar-refractivity contribution < 1.29 is 28.2 Å². The largest absolute Gasteiger partial charge is 0.497 e. The summed E-state index contributed by atoms with van der Waals surface area (Å²) < 4.78 is 24.8. The molecule has 0 saturated carbocycles. The van der Waals surface area contributed by atoms with Crippen LogP contribution in [0, 0.1) is 5.82 Å². The van der Waals surface area contributed by atoms with Crippen LogP contribution >= 0.6 is 0 Å². The fourth-order valence-corrected chi connectivity index (χ4v) is 3.82. The van der Waals surface area contributed by atoms with Crippen LogP contribution in [0.25, 0.3) is 10.9 Å². The number of fused-ring (bicyclic) bond motifs is 1. The van der Waals surface area contributed by atoms with Crippen molar-refractivity contribution in [2.75, 3.05) is 44.8 Å². The Morgan fingerprint density at radius 1 is 1.03 bits per heavy atom. The van der Waals surface area contributed by atoms with Gasteiger partial charge in [-0.2, -0.15) is 0 Å². The lowest BCUT2D eigenvalue weighted by atomic mass is 10.1. The lowest BCUT2D eigenvalue weighted by molar-refractivity contribution is -0.134. The number of aromatic nitrogens is 1. The third-order valence-electron chi connectivity index (χ3n) is 5.70. The highest BCUT2D eigenvalue weighted by Crippen LogP contribution is 2.23. The van der Waals surface area contributed by atoms with Gasteiger partial charge < -0.3 is 24.3 Å². The van der Waals surface area contributed by atoms with Crippen LogP contribution in [0.5, 0.6) is 5.75 Å². The maximum Gasteiger partial charge on any atom is 0.355 e. The van der Waals surface area contributed by atoms with Gasteiger partial charge in [-0.1, -0.05) is 0 Å². The Morgan fingerprint density at radius 3 is 2.45 bits per heavy atom. The van der Waals surface area contributed by atoms with Crippen molar-refractivity contribution in [3.63, 3.8) is 0 Å². The number of anilines is 1. The highest BCUT2D eigenvalue weighted by Gasteiger charge is 2.24. The molecule has 0 atom stereocenters. The van der Waals surface area contributed by atoms with E-state index in [1.165, 1.54) is 13.0 Å². The van der Waals surface area contributed by atoms with Gasteiger partial charge in [-0.3, -0.25) is 9.59 Å². The predicted octanol–water partition coefficient (Wildman–Crippen LogP) is 3.02. The molecular formula is C24H24FN3O5. The molecule has 2 heterocycles. The number of hydrogen-bond acceptors (Lipinski definition) is 6. The molecule has 0 bridgehead atoms. The van der Waals surface area contributed by atoms with Crippen LogP contribution in [0.3, 0.4) is 0 Å². The topological polar surface area (TPSA) is 91.9 Å². The predicted molar refractivity (Wildman–Crippen MR) is 120 cm³/mol. The molecule has 1 saturated heterocycles. The van der Waals surface area contributed by atoms with E-state index in [1.807, 2.05) is 11.0 Å². The Balaban J connectivity index is 1.30. The number of ether oxygens (including phenoxy) is 2. The van der Waals surface area contributed by atoms with E-state index in [2.05, 4.69) is 4.98 Å². The number of esters is 1. The van der Waals surface area contributed by atoms with Crippen LogP contribution in [0.15, 0.2) is 42.5 Å². The summed E-state index contributed by atoms with van der Waals surface area (Å²) in [5.41, 5.74) is 1.70. The summed E-state index contributed by atoms with van der Waals surface area (Å²) in [5, 5.41) is 0.828. The van der Waals surface area contributed by atoms with Crippen LogP contribution < -0.4 is 9.64 Å². The van der Waals surface area contributed by atoms with Crippen molar-refractivity contribution >= 4 is 34.3 Å². The fraction of sp³-hybridized carbons (Fsp3) is 0.292. The smallest absolute Gasteiger partial charge is 0.355 e. The van der Waals surface area contributed by atoms with Gasteiger partial charge in [0.1, 0.15) is 17.3 Å². The van der Waals surface area contributed by atoms with Crippen molar-refractivity contribution in [2.24, 2.45) is 0 Å². The van der Waals surface area contributed by atoms with Gasteiger partial charge in [-0.15, -0.1) is 0 Å². The van der Waals surface area contributed by atoms with E-state index in [0.717, 1.165) is 10.9 Å². The molecule has 0 spiro atoms. The van der Waals surface area contributed by atoms with Crippen molar-refractivity contribution in [2.45, 2.75) is 6.92 Å². The van der Waals surface area contributed by atoms with E-state index in [9.17, 15) is 18.8 Å². The van der Waals surface area contributed by atoms with Gasteiger partial charge in [0.25, 0.3) is 5.91 Å². The zero-order valence-electron chi connectivity index (χ0n) is 18.4. The molecule has 172 valence electrons. The van der Waals surface area contributed by atoms with Crippen molar-refractivity contribution in [1.82, 2.24) is 9.88 Å². The Hall–Kier alpha value is -3.88. The Kier molecular flexibility index (Phi) is 6.30. The average molecular weight is 453 g/mol. The molecule has 1 N–H and O–H groups in total. The Labute approximate surface area is 189 Å². The number of carbonyl (C=O) groups is 3. The molecule has 0 unspecified atom stereocenters. The van der Waals surface area contributed by atoms with E-state index in [4.69, 9.17) is 9.47 Å². The lowest BCUT2D eigenvalue weighted by Gasteiger charge is -2.36. The monoisotopic (exact) mass is 453 g/mol. The van der Waals surface area contributed by atoms with E-state index in [-0.39, 0.29) is 24.0 Å². The molecule has 2 aromatic carbocycles. The molecule has 4 rings (SSSR count). The molecule has 1 fully saturated rings. The summed E-state index contributed by atoms with van der Waals surface area (Å²) in [6.07, 6.45) is 0. The fourth-order valence-electron chi connectivity index (χ4n) is 3.82. The molecule has 33 heavy (non-hydrogen) atoms. The number of aromatic amines is 1. The minimum Gasteiger partial charge on any atom is -0.497 e. The zero-order chi connectivity index (χ0) is 23.5. The SMILES string of the molecule is COc1ccc2cc(C(=O)OCC(=O)N3CCN(c4ccc(C(C)=O)cc4F)CC3)[nH]c2c1. The molecule has 0 aliphatic carbocycles. The second kappa shape index (κ2) is 9.32. The van der Waals surface area contributed by atoms with Gasteiger partial charge >= 0.3 is 5.97 Å². The number of H-pyrrole nitrogens is 1. The molecular weight excluding hydrogens is 429 g/mol. The minimum absolute atomic E-state index is 0.197. The number of hydrogen-bond donors (Lipinski definition) is 1. The summed E-state index contributed by atoms with van der Waals surface area (Å²) in [4.78, 5) is 42.7. The average Bonchev–Trinajstić information content (AvgIpc) is 3.25. The second-order valence-corrected chi connectivity index (χ2v) is 7.80. The second-order valence-electron chi connectivity index (χ2n) is 7.80. The zero-order valence-corrected chi connectivity index (χ0v) is 18.4. The molecule has 1 amide bonds. The highest BCUT2D eigenvalue weighted by atomic mass is 19.1. The number of halogens is 1. The molecule has 0 radical (unpaired) electrons. The first kappa shape index (κ1) is 22.3. The molecule has 3 aromatic rings. The number of methoxy groups -OCH3 is 1. The van der Waals surface area contributed by atoms with Crippen molar-refractivity contribution in [3.05, 3.63) is 59.5 Å². The molecule has 1 aliphatic rings. The Bertz CT molecular complexity index is 1210. The molecule has 1 aliphatic heterocycles. The number of benzene rings is 2. The van der Waals surface area contributed by atoms with E-state index < -0.39 is 11.8 Å². The normalized spacial score (nSPS) is 13.8. The van der Waals surface area contributed by atoms with Crippen molar-refractivity contribution in [1.29, 1.82) is 0 Å². The van der Waals surface area contributed by atoms with E-state index in [1.54, 1.807) is 42.3 Å². The van der Waals surface area contributed by atoms with Gasteiger partial charge in [0, 0.05) is 48.7 Å². The number of Topliss-reactive ketones (excluding diaryl/α,β-unsaturated/α-hetero) is 1. The number of nitrogens with one attached hydrogen (secondary N) is 1.